The summed E-state index contributed by atoms with van der Waals surface area (Å²) in [5.41, 5.74) is 2.89. The zero-order chi connectivity index (χ0) is 24.5. The topological polar surface area (TPSA) is 96.8 Å². The number of ether oxygens (including phenoxy) is 4. The van der Waals surface area contributed by atoms with Crippen LogP contribution in [0.1, 0.15) is 0 Å². The van der Waals surface area contributed by atoms with E-state index in [0.717, 1.165) is 16.7 Å². The maximum absolute atomic E-state index is 11.9. The number of benzene rings is 2. The first kappa shape index (κ1) is 24.5. The summed E-state index contributed by atoms with van der Waals surface area (Å²) >= 11 is 0. The Kier molecular flexibility index (Phi) is 8.39. The molecule has 3 rings (SSSR count). The van der Waals surface area contributed by atoms with Crippen molar-refractivity contribution in [1.29, 1.82) is 0 Å². The monoisotopic (exact) mass is 460 g/mol. The normalized spacial score (nSPS) is 10.4. The van der Waals surface area contributed by atoms with E-state index in [1.54, 1.807) is 60.9 Å². The Morgan fingerprint density at radius 3 is 1.50 bits per heavy atom. The van der Waals surface area contributed by atoms with Crippen LogP contribution in [-0.2, 0) is 19.1 Å². The van der Waals surface area contributed by atoms with Gasteiger partial charge in [-0.25, -0.2) is 19.6 Å². The van der Waals surface area contributed by atoms with Crippen molar-refractivity contribution in [3.05, 3.63) is 85.2 Å². The number of methoxy groups -OCH3 is 2. The molecule has 0 N–H and O–H groups in total. The smallest absolute Gasteiger partial charge is 0.341 e. The van der Waals surface area contributed by atoms with Crippen LogP contribution >= 0.6 is 0 Å². The summed E-state index contributed by atoms with van der Waals surface area (Å²) in [5.74, 6) is 0.218. The summed E-state index contributed by atoms with van der Waals surface area (Å²) in [6, 6.07) is 13.8. The molecule has 1 aromatic heterocycles. The van der Waals surface area contributed by atoms with E-state index in [2.05, 4.69) is 23.1 Å². The number of nitrogens with zero attached hydrogens (tertiary/aromatic N) is 2. The van der Waals surface area contributed by atoms with Crippen LogP contribution in [-0.4, -0.2) is 49.3 Å². The maximum Gasteiger partial charge on any atom is 0.341 e. The predicted octanol–water partition coefficient (Wildman–Crippen LogP) is 4.03. The molecule has 1 heterocycles. The first-order valence-electron chi connectivity index (χ1n) is 10.2. The molecule has 0 saturated carbocycles. The lowest BCUT2D eigenvalue weighted by atomic mass is 10.1. The molecule has 8 nitrogen and oxygen atoms in total. The average Bonchev–Trinajstić information content (AvgIpc) is 2.85. The first-order valence-corrected chi connectivity index (χ1v) is 10.2. The summed E-state index contributed by atoms with van der Waals surface area (Å²) < 4.78 is 20.3. The fourth-order valence-electron chi connectivity index (χ4n) is 2.84. The summed E-state index contributed by atoms with van der Waals surface area (Å²) in [6.45, 7) is 7.46. The minimum Gasteiger partial charge on any atom is -0.423 e. The van der Waals surface area contributed by atoms with E-state index in [0.29, 0.717) is 17.3 Å². The van der Waals surface area contributed by atoms with Gasteiger partial charge in [0.15, 0.2) is 5.82 Å². The fraction of sp³-hybridized carbons (Fsp3) is 0.154. The van der Waals surface area contributed by atoms with Gasteiger partial charge in [0.25, 0.3) is 0 Å². The lowest BCUT2D eigenvalue weighted by Gasteiger charge is -2.08. The minimum absolute atomic E-state index is 0.106. The number of hydrogen-bond acceptors (Lipinski definition) is 8. The second-order valence-corrected chi connectivity index (χ2v) is 7.20. The van der Waals surface area contributed by atoms with Gasteiger partial charge < -0.3 is 18.9 Å². The van der Waals surface area contributed by atoms with E-state index in [1.165, 1.54) is 14.2 Å². The Hall–Kier alpha value is -4.14. The van der Waals surface area contributed by atoms with E-state index < -0.39 is 11.9 Å². The van der Waals surface area contributed by atoms with Crippen molar-refractivity contribution in [2.75, 3.05) is 27.4 Å². The quantitative estimate of drug-likeness (QED) is 0.254. The third-order valence-electron chi connectivity index (χ3n) is 4.59. The van der Waals surface area contributed by atoms with Crippen molar-refractivity contribution in [2.45, 2.75) is 0 Å². The van der Waals surface area contributed by atoms with Crippen molar-refractivity contribution < 1.29 is 28.5 Å². The molecular formula is C26H24N2O6. The van der Waals surface area contributed by atoms with Gasteiger partial charge in [-0.3, -0.25) is 0 Å². The van der Waals surface area contributed by atoms with Gasteiger partial charge in [0, 0.05) is 37.7 Å². The third kappa shape index (κ3) is 6.44. The van der Waals surface area contributed by atoms with Crippen molar-refractivity contribution >= 4 is 11.9 Å². The van der Waals surface area contributed by atoms with Crippen LogP contribution in [0.2, 0.25) is 0 Å². The second-order valence-electron chi connectivity index (χ2n) is 7.20. The zero-order valence-corrected chi connectivity index (χ0v) is 18.9. The molecule has 0 unspecified atom stereocenters. The van der Waals surface area contributed by atoms with Crippen molar-refractivity contribution in [2.24, 2.45) is 0 Å². The largest absolute Gasteiger partial charge is 0.423 e. The van der Waals surface area contributed by atoms with Crippen LogP contribution < -0.4 is 9.47 Å². The zero-order valence-electron chi connectivity index (χ0n) is 18.9. The molecule has 0 atom stereocenters. The number of hydrogen-bond donors (Lipinski definition) is 0. The van der Waals surface area contributed by atoms with Gasteiger partial charge in [-0.1, -0.05) is 25.3 Å². The van der Waals surface area contributed by atoms with Gasteiger partial charge in [-0.2, -0.15) is 0 Å². The fourth-order valence-corrected chi connectivity index (χ4v) is 2.84. The lowest BCUT2D eigenvalue weighted by molar-refractivity contribution is -0.131. The van der Waals surface area contributed by atoms with Gasteiger partial charge >= 0.3 is 11.9 Å². The molecule has 174 valence electrons. The second kappa shape index (κ2) is 11.6. The number of carbonyl (C=O) groups excluding carboxylic acids is 2. The summed E-state index contributed by atoms with van der Waals surface area (Å²) in [7, 11) is 2.96. The Balaban J connectivity index is 1.63. The van der Waals surface area contributed by atoms with Crippen LogP contribution in [0.4, 0.5) is 0 Å². The number of aromatic nitrogens is 2. The van der Waals surface area contributed by atoms with E-state index in [4.69, 9.17) is 18.9 Å². The molecule has 34 heavy (non-hydrogen) atoms. The van der Waals surface area contributed by atoms with Crippen LogP contribution in [0.3, 0.4) is 0 Å². The SMILES string of the molecule is C=C(COC)C(=O)Oc1ccc(-c2cnc(-c3ccc(OC(=O)C(=C)COC)cc3)nc2)cc1. The Bertz CT molecular complexity index is 1070. The molecule has 0 aliphatic carbocycles. The van der Waals surface area contributed by atoms with Crippen LogP contribution in [0, 0.1) is 0 Å². The van der Waals surface area contributed by atoms with Gasteiger partial charge in [0.05, 0.1) is 24.4 Å². The standard InChI is InChI=1S/C26H24N2O6/c1-17(15-31-3)25(29)33-22-9-5-19(6-10-22)21-13-27-24(28-14-21)20-7-11-23(12-8-20)34-26(30)18(2)16-32-4/h5-14H,1-2,15-16H2,3-4H3. The molecule has 8 heteroatoms. The Morgan fingerprint density at radius 2 is 1.09 bits per heavy atom. The summed E-state index contributed by atoms with van der Waals surface area (Å²) in [6.07, 6.45) is 3.40. The summed E-state index contributed by atoms with van der Waals surface area (Å²) in [5, 5.41) is 0. The molecule has 0 aliphatic rings. The number of esters is 2. The summed E-state index contributed by atoms with van der Waals surface area (Å²) in [4.78, 5) is 32.6. The van der Waals surface area contributed by atoms with Gasteiger partial charge in [-0.15, -0.1) is 0 Å². The predicted molar refractivity (Wildman–Crippen MR) is 126 cm³/mol. The molecule has 3 aromatic rings. The van der Waals surface area contributed by atoms with Crippen LogP contribution in [0.5, 0.6) is 11.5 Å². The van der Waals surface area contributed by atoms with E-state index >= 15 is 0 Å². The number of rotatable bonds is 10. The first-order chi connectivity index (χ1) is 16.4. The molecule has 0 saturated heterocycles. The highest BCUT2D eigenvalue weighted by Crippen LogP contribution is 2.24. The molecular weight excluding hydrogens is 436 g/mol. The van der Waals surface area contributed by atoms with E-state index in [9.17, 15) is 9.59 Å². The Morgan fingerprint density at radius 1 is 0.676 bits per heavy atom. The highest BCUT2D eigenvalue weighted by Gasteiger charge is 2.11. The molecule has 0 spiro atoms. The van der Waals surface area contributed by atoms with E-state index in [1.807, 2.05) is 0 Å². The lowest BCUT2D eigenvalue weighted by Crippen LogP contribution is -2.13. The molecule has 0 aliphatic heterocycles. The van der Waals surface area contributed by atoms with Crippen molar-refractivity contribution in [1.82, 2.24) is 9.97 Å². The minimum atomic E-state index is -0.545. The maximum atomic E-state index is 11.9. The third-order valence-corrected chi connectivity index (χ3v) is 4.59. The van der Waals surface area contributed by atoms with Crippen LogP contribution in [0.15, 0.2) is 85.2 Å². The molecule has 0 amide bonds. The van der Waals surface area contributed by atoms with Crippen LogP contribution in [0.25, 0.3) is 22.5 Å². The van der Waals surface area contributed by atoms with E-state index in [-0.39, 0.29) is 24.4 Å². The van der Waals surface area contributed by atoms with Gasteiger partial charge in [-0.05, 0) is 42.0 Å². The number of carbonyl (C=O) groups is 2. The average molecular weight is 460 g/mol. The molecule has 0 radical (unpaired) electrons. The molecule has 0 bridgehead atoms. The Labute approximate surface area is 197 Å². The van der Waals surface area contributed by atoms with Gasteiger partial charge in [0.2, 0.25) is 0 Å². The highest BCUT2D eigenvalue weighted by molar-refractivity contribution is 5.90. The molecule has 0 fully saturated rings. The van der Waals surface area contributed by atoms with Gasteiger partial charge in [0.1, 0.15) is 11.5 Å². The highest BCUT2D eigenvalue weighted by atomic mass is 16.5. The van der Waals surface area contributed by atoms with Crippen molar-refractivity contribution in [3.63, 3.8) is 0 Å². The van der Waals surface area contributed by atoms with Crippen molar-refractivity contribution in [3.8, 4) is 34.0 Å². The molecule has 2 aromatic carbocycles.